The summed E-state index contributed by atoms with van der Waals surface area (Å²) >= 11 is 6.75. The summed E-state index contributed by atoms with van der Waals surface area (Å²) in [6.45, 7) is 2.00. The quantitative estimate of drug-likeness (QED) is 0.759. The van der Waals surface area contributed by atoms with Gasteiger partial charge in [0.2, 0.25) is 5.91 Å². The molecule has 0 aliphatic rings. The lowest BCUT2D eigenvalue weighted by Crippen LogP contribution is -2.16. The van der Waals surface area contributed by atoms with Crippen LogP contribution in [-0.2, 0) is 11.2 Å². The van der Waals surface area contributed by atoms with Crippen LogP contribution in [0.25, 0.3) is 0 Å². The van der Waals surface area contributed by atoms with E-state index in [1.54, 1.807) is 6.07 Å². The molecule has 0 unspecified atom stereocenters. The Morgan fingerprint density at radius 1 is 1.25 bits per heavy atom. The number of halogens is 2. The minimum Gasteiger partial charge on any atom is -0.397 e. The van der Waals surface area contributed by atoms with Gasteiger partial charge in [0.15, 0.2) is 0 Å². The molecule has 0 aliphatic heterocycles. The molecule has 0 fully saturated rings. The van der Waals surface area contributed by atoms with Gasteiger partial charge in [0.25, 0.3) is 0 Å². The van der Waals surface area contributed by atoms with E-state index in [0.29, 0.717) is 17.8 Å². The average Bonchev–Trinajstić information content (AvgIpc) is 2.33. The van der Waals surface area contributed by atoms with Crippen molar-refractivity contribution in [2.75, 3.05) is 11.1 Å². The number of carbonyl (C=O) groups excluding carboxylic acids is 1. The van der Waals surface area contributed by atoms with Crippen LogP contribution in [0.4, 0.5) is 11.4 Å². The molecule has 2 rings (SSSR count). The van der Waals surface area contributed by atoms with Gasteiger partial charge in [0.1, 0.15) is 0 Å². The number of hydrogen-bond acceptors (Lipinski definition) is 2. The van der Waals surface area contributed by atoms with Crippen LogP contribution in [0, 0.1) is 6.92 Å². The molecular formula is C15H14Br2N2O. The highest BCUT2D eigenvalue weighted by atomic mass is 79.9. The Kier molecular flexibility index (Phi) is 4.83. The Morgan fingerprint density at radius 3 is 2.65 bits per heavy atom. The molecule has 3 N–H and O–H groups in total. The third kappa shape index (κ3) is 3.84. The Balaban J connectivity index is 2.13. The molecule has 0 aromatic heterocycles. The van der Waals surface area contributed by atoms with Gasteiger partial charge in [-0.1, -0.05) is 45.8 Å². The van der Waals surface area contributed by atoms with Crippen molar-refractivity contribution in [2.45, 2.75) is 13.3 Å². The van der Waals surface area contributed by atoms with Gasteiger partial charge in [-0.2, -0.15) is 0 Å². The van der Waals surface area contributed by atoms with Gasteiger partial charge in [-0.25, -0.2) is 0 Å². The van der Waals surface area contributed by atoms with Gasteiger partial charge in [-0.05, 0) is 40.5 Å². The van der Waals surface area contributed by atoms with E-state index in [2.05, 4.69) is 37.2 Å². The lowest BCUT2D eigenvalue weighted by molar-refractivity contribution is -0.115. The van der Waals surface area contributed by atoms with E-state index in [-0.39, 0.29) is 5.91 Å². The SMILES string of the molecule is Cc1cccc(CC(=O)Nc2c(N)cc(Br)cc2Br)c1. The molecule has 5 heteroatoms. The van der Waals surface area contributed by atoms with Crippen molar-refractivity contribution in [3.63, 3.8) is 0 Å². The number of aryl methyl sites for hydroxylation is 1. The van der Waals surface area contributed by atoms with Gasteiger partial charge >= 0.3 is 0 Å². The van der Waals surface area contributed by atoms with E-state index < -0.39 is 0 Å². The van der Waals surface area contributed by atoms with E-state index in [9.17, 15) is 4.79 Å². The highest BCUT2D eigenvalue weighted by Crippen LogP contribution is 2.32. The predicted octanol–water partition coefficient (Wildman–Crippen LogP) is 4.28. The number of anilines is 2. The number of benzene rings is 2. The summed E-state index contributed by atoms with van der Waals surface area (Å²) in [4.78, 5) is 12.1. The second-order valence-electron chi connectivity index (χ2n) is 4.57. The van der Waals surface area contributed by atoms with E-state index in [4.69, 9.17) is 5.73 Å². The summed E-state index contributed by atoms with van der Waals surface area (Å²) in [6.07, 6.45) is 0.323. The average molecular weight is 398 g/mol. The number of hydrogen-bond donors (Lipinski definition) is 2. The lowest BCUT2D eigenvalue weighted by atomic mass is 10.1. The molecule has 1 amide bonds. The minimum atomic E-state index is -0.0923. The number of carbonyl (C=O) groups is 1. The van der Waals surface area contributed by atoms with Crippen molar-refractivity contribution in [1.29, 1.82) is 0 Å². The van der Waals surface area contributed by atoms with Gasteiger partial charge in [-0.15, -0.1) is 0 Å². The standard InChI is InChI=1S/C15H14Br2N2O/c1-9-3-2-4-10(5-9)6-14(20)19-15-12(17)7-11(16)8-13(15)18/h2-5,7-8H,6,18H2,1H3,(H,19,20). The van der Waals surface area contributed by atoms with Gasteiger partial charge < -0.3 is 11.1 Å². The molecular weight excluding hydrogens is 384 g/mol. The Morgan fingerprint density at radius 2 is 2.00 bits per heavy atom. The van der Waals surface area contributed by atoms with Crippen LogP contribution in [0.15, 0.2) is 45.3 Å². The molecule has 0 aliphatic carbocycles. The third-order valence-electron chi connectivity index (χ3n) is 2.80. The highest BCUT2D eigenvalue weighted by molar-refractivity contribution is 9.11. The molecule has 0 bridgehead atoms. The first-order valence-corrected chi connectivity index (χ1v) is 7.64. The zero-order chi connectivity index (χ0) is 14.7. The van der Waals surface area contributed by atoms with E-state index in [0.717, 1.165) is 20.1 Å². The minimum absolute atomic E-state index is 0.0923. The Hall–Kier alpha value is -1.33. The van der Waals surface area contributed by atoms with E-state index in [1.807, 2.05) is 37.3 Å². The summed E-state index contributed by atoms with van der Waals surface area (Å²) < 4.78 is 1.61. The van der Waals surface area contributed by atoms with Crippen molar-refractivity contribution >= 4 is 49.1 Å². The van der Waals surface area contributed by atoms with Crippen molar-refractivity contribution in [1.82, 2.24) is 0 Å². The van der Waals surface area contributed by atoms with Crippen molar-refractivity contribution < 1.29 is 4.79 Å². The Labute approximate surface area is 134 Å². The molecule has 20 heavy (non-hydrogen) atoms. The molecule has 3 nitrogen and oxygen atoms in total. The van der Waals surface area contributed by atoms with Crippen LogP contribution < -0.4 is 11.1 Å². The van der Waals surface area contributed by atoms with Crippen molar-refractivity contribution in [3.8, 4) is 0 Å². The summed E-state index contributed by atoms with van der Waals surface area (Å²) in [5.74, 6) is -0.0923. The zero-order valence-corrected chi connectivity index (χ0v) is 14.1. The van der Waals surface area contributed by atoms with Gasteiger partial charge in [0.05, 0.1) is 17.8 Å². The topological polar surface area (TPSA) is 55.1 Å². The molecule has 2 aromatic carbocycles. The fourth-order valence-corrected chi connectivity index (χ4v) is 3.27. The first-order valence-electron chi connectivity index (χ1n) is 6.05. The summed E-state index contributed by atoms with van der Waals surface area (Å²) in [6, 6.07) is 11.5. The maximum Gasteiger partial charge on any atom is 0.228 e. The molecule has 104 valence electrons. The highest BCUT2D eigenvalue weighted by Gasteiger charge is 2.10. The fourth-order valence-electron chi connectivity index (χ4n) is 1.92. The monoisotopic (exact) mass is 396 g/mol. The zero-order valence-electron chi connectivity index (χ0n) is 10.9. The van der Waals surface area contributed by atoms with E-state index >= 15 is 0 Å². The first-order chi connectivity index (χ1) is 9.45. The predicted molar refractivity (Wildman–Crippen MR) is 89.8 cm³/mol. The number of nitrogen functional groups attached to an aromatic ring is 1. The van der Waals surface area contributed by atoms with Crippen LogP contribution in [0.3, 0.4) is 0 Å². The van der Waals surface area contributed by atoms with Crippen LogP contribution in [0.2, 0.25) is 0 Å². The molecule has 2 aromatic rings. The normalized spacial score (nSPS) is 10.3. The third-order valence-corrected chi connectivity index (χ3v) is 3.88. The van der Waals surface area contributed by atoms with E-state index in [1.165, 1.54) is 0 Å². The molecule has 0 saturated heterocycles. The molecule has 0 heterocycles. The maximum atomic E-state index is 12.1. The number of amides is 1. The second-order valence-corrected chi connectivity index (χ2v) is 6.34. The fraction of sp³-hybridized carbons (Fsp3) is 0.133. The van der Waals surface area contributed by atoms with Crippen molar-refractivity contribution in [2.24, 2.45) is 0 Å². The van der Waals surface area contributed by atoms with Gasteiger partial charge in [-0.3, -0.25) is 4.79 Å². The summed E-state index contributed by atoms with van der Waals surface area (Å²) in [5, 5.41) is 2.84. The smallest absolute Gasteiger partial charge is 0.228 e. The van der Waals surface area contributed by atoms with Crippen LogP contribution in [0.1, 0.15) is 11.1 Å². The molecule has 0 atom stereocenters. The number of rotatable bonds is 3. The lowest BCUT2D eigenvalue weighted by Gasteiger charge is -2.11. The van der Waals surface area contributed by atoms with Crippen LogP contribution >= 0.6 is 31.9 Å². The number of nitrogens with two attached hydrogens (primary N) is 1. The number of nitrogens with one attached hydrogen (secondary N) is 1. The molecule has 0 radical (unpaired) electrons. The Bertz CT molecular complexity index is 633. The van der Waals surface area contributed by atoms with Crippen LogP contribution in [0.5, 0.6) is 0 Å². The molecule has 0 saturated carbocycles. The van der Waals surface area contributed by atoms with Gasteiger partial charge in [0, 0.05) is 8.95 Å². The van der Waals surface area contributed by atoms with Crippen LogP contribution in [-0.4, -0.2) is 5.91 Å². The largest absolute Gasteiger partial charge is 0.397 e. The molecule has 0 spiro atoms. The second kappa shape index (κ2) is 6.41. The maximum absolute atomic E-state index is 12.1. The summed E-state index contributed by atoms with van der Waals surface area (Å²) in [5.41, 5.74) is 9.15. The summed E-state index contributed by atoms with van der Waals surface area (Å²) in [7, 11) is 0. The first kappa shape index (κ1) is 15.1. The van der Waals surface area contributed by atoms with Crippen molar-refractivity contribution in [3.05, 3.63) is 56.5 Å².